The quantitative estimate of drug-likeness (QED) is 0.349. The molecule has 2 bridgehead atoms. The molecule has 4 fully saturated rings. The normalized spacial score (nSPS) is 27.5. The lowest BCUT2D eigenvalue weighted by Gasteiger charge is -2.51. The van der Waals surface area contributed by atoms with Gasteiger partial charge < -0.3 is 14.1 Å². The van der Waals surface area contributed by atoms with Gasteiger partial charge in [0.15, 0.2) is 6.10 Å². The summed E-state index contributed by atoms with van der Waals surface area (Å²) >= 11 is 0. The predicted molar refractivity (Wildman–Crippen MR) is 131 cm³/mol. The maximum Gasteiger partial charge on any atom is 0.328 e. The Morgan fingerprint density at radius 1 is 1.00 bits per heavy atom. The summed E-state index contributed by atoms with van der Waals surface area (Å²) in [5.74, 6) is 0.196. The van der Waals surface area contributed by atoms with Gasteiger partial charge in [-0.3, -0.25) is 14.5 Å². The summed E-state index contributed by atoms with van der Waals surface area (Å²) in [5, 5.41) is 0. The highest BCUT2D eigenvalue weighted by molar-refractivity contribution is 5.97. The number of likely N-dealkylation sites (N-methyl/N-ethyl adjacent to an activating group) is 1. The zero-order valence-electron chi connectivity index (χ0n) is 20.3. The minimum absolute atomic E-state index is 0.0109. The number of quaternary nitrogens is 1. The fourth-order valence-corrected chi connectivity index (χ4v) is 5.94. The van der Waals surface area contributed by atoms with E-state index in [1.54, 1.807) is 11.9 Å². The molecule has 7 heteroatoms. The Labute approximate surface area is 206 Å². The molecule has 4 aliphatic rings. The molecule has 2 atom stereocenters. The molecule has 35 heavy (non-hydrogen) atoms. The van der Waals surface area contributed by atoms with Crippen molar-refractivity contribution in [3.05, 3.63) is 71.8 Å². The smallest absolute Gasteiger partial charge is 0.328 e. The standard InChI is InChI=1S/C28H34N3O4/c1-29-14-15-30(18-26(29)33)27(23-10-6-3-7-11-23)28(34)35-25-20-31(16-12-22(25)13-17-31)19-24(32)21-8-4-2-5-9-21/h2-11,22,25,27H,12-20H2,1H3/q+1/t22?,25-,27-,31?/m0/s1. The van der Waals surface area contributed by atoms with E-state index in [4.69, 9.17) is 4.74 Å². The maximum absolute atomic E-state index is 13.7. The molecule has 0 unspecified atom stereocenters. The monoisotopic (exact) mass is 476 g/mol. The maximum atomic E-state index is 13.7. The summed E-state index contributed by atoms with van der Waals surface area (Å²) in [6.45, 7) is 4.43. The van der Waals surface area contributed by atoms with E-state index >= 15 is 0 Å². The van der Waals surface area contributed by atoms with E-state index in [-0.39, 0.29) is 30.3 Å². The second-order valence-electron chi connectivity index (χ2n) is 10.3. The van der Waals surface area contributed by atoms with Gasteiger partial charge in [0.1, 0.15) is 19.1 Å². The van der Waals surface area contributed by atoms with Crippen molar-refractivity contribution in [2.24, 2.45) is 5.92 Å². The molecule has 6 rings (SSSR count). The van der Waals surface area contributed by atoms with Crippen LogP contribution in [0.2, 0.25) is 0 Å². The lowest BCUT2D eigenvalue weighted by Crippen LogP contribution is -2.66. The molecule has 0 N–H and O–H groups in total. The highest BCUT2D eigenvalue weighted by Gasteiger charge is 2.49. The van der Waals surface area contributed by atoms with Crippen LogP contribution < -0.4 is 0 Å². The molecule has 2 aromatic carbocycles. The van der Waals surface area contributed by atoms with E-state index in [9.17, 15) is 14.4 Å². The number of ether oxygens (including phenoxy) is 1. The predicted octanol–water partition coefficient (Wildman–Crippen LogP) is 2.54. The SMILES string of the molecule is CN1CCN([C@H](C(=O)O[C@H]2C[N+]3(CC(=O)c4ccccc4)CCC2CC3)c2ccccc2)CC1=O. The largest absolute Gasteiger partial charge is 0.455 e. The van der Waals surface area contributed by atoms with Gasteiger partial charge in [-0.1, -0.05) is 60.7 Å². The van der Waals surface area contributed by atoms with Crippen molar-refractivity contribution in [1.29, 1.82) is 0 Å². The second-order valence-corrected chi connectivity index (χ2v) is 10.3. The van der Waals surface area contributed by atoms with E-state index in [1.165, 1.54) is 0 Å². The van der Waals surface area contributed by atoms with Crippen molar-refractivity contribution in [2.45, 2.75) is 25.0 Å². The number of carbonyl (C=O) groups is 3. The van der Waals surface area contributed by atoms with Crippen molar-refractivity contribution in [2.75, 3.05) is 52.9 Å². The number of hydrogen-bond donors (Lipinski definition) is 0. The summed E-state index contributed by atoms with van der Waals surface area (Å²) in [6.07, 6.45) is 1.72. The van der Waals surface area contributed by atoms with Gasteiger partial charge in [0, 0.05) is 44.5 Å². The van der Waals surface area contributed by atoms with Crippen molar-refractivity contribution in [1.82, 2.24) is 9.80 Å². The van der Waals surface area contributed by atoms with Gasteiger partial charge in [-0.05, 0) is 5.56 Å². The molecular formula is C28H34N3O4+. The van der Waals surface area contributed by atoms with Crippen LogP contribution in [-0.2, 0) is 14.3 Å². The number of piperidine rings is 3. The third-order valence-electron chi connectivity index (χ3n) is 8.07. The van der Waals surface area contributed by atoms with Gasteiger partial charge in [-0.2, -0.15) is 0 Å². The zero-order chi connectivity index (χ0) is 24.4. The first-order valence-corrected chi connectivity index (χ1v) is 12.6. The second kappa shape index (κ2) is 9.91. The van der Waals surface area contributed by atoms with Gasteiger partial charge in [0.05, 0.1) is 19.6 Å². The number of nitrogens with zero attached hydrogens (tertiary/aromatic N) is 3. The molecule has 184 valence electrons. The molecule has 0 aliphatic carbocycles. The number of amides is 1. The molecule has 4 heterocycles. The van der Waals surface area contributed by atoms with Crippen LogP contribution in [0.15, 0.2) is 60.7 Å². The van der Waals surface area contributed by atoms with Crippen LogP contribution in [0.5, 0.6) is 0 Å². The minimum atomic E-state index is -0.608. The van der Waals surface area contributed by atoms with Gasteiger partial charge >= 0.3 is 5.97 Å². The summed E-state index contributed by atoms with van der Waals surface area (Å²) in [6, 6.07) is 18.5. The molecule has 0 radical (unpaired) electrons. The molecule has 4 aliphatic heterocycles. The number of rotatable bonds is 7. The lowest BCUT2D eigenvalue weighted by molar-refractivity contribution is -0.938. The van der Waals surface area contributed by atoms with Crippen LogP contribution in [0.1, 0.15) is 34.8 Å². The molecular weight excluding hydrogens is 442 g/mol. The summed E-state index contributed by atoms with van der Waals surface area (Å²) in [5.41, 5.74) is 1.59. The summed E-state index contributed by atoms with van der Waals surface area (Å²) in [4.78, 5) is 42.7. The molecule has 7 nitrogen and oxygen atoms in total. The van der Waals surface area contributed by atoms with Gasteiger partial charge in [0.2, 0.25) is 11.7 Å². The third-order valence-corrected chi connectivity index (χ3v) is 8.07. The van der Waals surface area contributed by atoms with Gasteiger partial charge in [-0.25, -0.2) is 4.79 Å². The van der Waals surface area contributed by atoms with E-state index in [0.717, 1.165) is 37.1 Å². The van der Waals surface area contributed by atoms with E-state index in [1.807, 2.05) is 65.6 Å². The van der Waals surface area contributed by atoms with E-state index in [0.29, 0.717) is 36.6 Å². The Bertz CT molecular complexity index is 1070. The first-order valence-electron chi connectivity index (χ1n) is 12.6. The number of hydrogen-bond acceptors (Lipinski definition) is 5. The van der Waals surface area contributed by atoms with Crippen molar-refractivity contribution < 1.29 is 23.6 Å². The van der Waals surface area contributed by atoms with Crippen LogP contribution in [0.25, 0.3) is 0 Å². The third kappa shape index (κ3) is 5.02. The Morgan fingerprint density at radius 2 is 1.66 bits per heavy atom. The molecule has 0 aromatic heterocycles. The van der Waals surface area contributed by atoms with E-state index < -0.39 is 6.04 Å². The first-order chi connectivity index (χ1) is 16.9. The van der Waals surface area contributed by atoms with Crippen LogP contribution >= 0.6 is 0 Å². The fraction of sp³-hybridized carbons (Fsp3) is 0.464. The number of piperazine rings is 1. The average Bonchev–Trinajstić information content (AvgIpc) is 2.88. The number of fused-ring (bicyclic) bond motifs is 3. The first kappa shape index (κ1) is 23.7. The van der Waals surface area contributed by atoms with Crippen LogP contribution in [0.3, 0.4) is 0 Å². The van der Waals surface area contributed by atoms with Crippen molar-refractivity contribution in [3.63, 3.8) is 0 Å². The van der Waals surface area contributed by atoms with Gasteiger partial charge in [-0.15, -0.1) is 0 Å². The molecule has 4 saturated heterocycles. The Hall–Kier alpha value is -3.03. The highest BCUT2D eigenvalue weighted by Crippen LogP contribution is 2.37. The molecule has 0 saturated carbocycles. The van der Waals surface area contributed by atoms with Crippen LogP contribution in [-0.4, -0.2) is 90.9 Å². The molecule has 1 amide bonds. The minimum Gasteiger partial charge on any atom is -0.455 e. The number of ketones is 1. The van der Waals surface area contributed by atoms with Crippen molar-refractivity contribution >= 4 is 17.7 Å². The topological polar surface area (TPSA) is 66.9 Å². The Balaban J connectivity index is 1.32. The fourth-order valence-electron chi connectivity index (χ4n) is 5.94. The van der Waals surface area contributed by atoms with Crippen molar-refractivity contribution in [3.8, 4) is 0 Å². The number of carbonyl (C=O) groups excluding carboxylic acids is 3. The highest BCUT2D eigenvalue weighted by atomic mass is 16.5. The van der Waals surface area contributed by atoms with Crippen LogP contribution in [0, 0.1) is 5.92 Å². The number of benzene rings is 2. The molecule has 0 spiro atoms. The average molecular weight is 477 g/mol. The summed E-state index contributed by atoms with van der Waals surface area (Å²) < 4.78 is 6.92. The lowest BCUT2D eigenvalue weighted by atomic mass is 9.82. The van der Waals surface area contributed by atoms with Gasteiger partial charge in [0.25, 0.3) is 0 Å². The number of Topliss-reactive ketones (excluding diaryl/α,β-unsaturated/α-hetero) is 1. The van der Waals surface area contributed by atoms with Crippen LogP contribution in [0.4, 0.5) is 0 Å². The zero-order valence-corrected chi connectivity index (χ0v) is 20.3. The number of esters is 1. The van der Waals surface area contributed by atoms with E-state index in [2.05, 4.69) is 0 Å². The Morgan fingerprint density at radius 3 is 2.31 bits per heavy atom. The molecule has 2 aromatic rings. The Kier molecular flexibility index (Phi) is 6.71. The summed E-state index contributed by atoms with van der Waals surface area (Å²) in [7, 11) is 1.79.